The van der Waals surface area contributed by atoms with Crippen molar-refractivity contribution in [2.24, 2.45) is 0 Å². The number of carbonyl (C=O) groups is 3. The molecule has 0 radical (unpaired) electrons. The standard InChI is InChI=1S/C11H15N3O5S/c1-6(9-12-2-3-20-9)5-13-11(19)14-7(10(17)18)4-8(15)16/h2-3,6-7H,4-5H2,1H3,(H,15,16)(H,17,18)(H2,13,14,19). The first kappa shape index (κ1) is 15.9. The van der Waals surface area contributed by atoms with Crippen LogP contribution in [-0.2, 0) is 9.59 Å². The SMILES string of the molecule is CC(CNC(=O)NC(CC(=O)O)C(=O)O)c1nccs1. The number of amides is 2. The van der Waals surface area contributed by atoms with Crippen molar-refractivity contribution in [1.82, 2.24) is 15.6 Å². The van der Waals surface area contributed by atoms with Crippen LogP contribution in [0.15, 0.2) is 11.6 Å². The van der Waals surface area contributed by atoms with E-state index < -0.39 is 30.4 Å². The van der Waals surface area contributed by atoms with Gasteiger partial charge in [0.15, 0.2) is 0 Å². The quantitative estimate of drug-likeness (QED) is 0.579. The molecule has 1 heterocycles. The third-order valence-electron chi connectivity index (χ3n) is 2.42. The minimum atomic E-state index is -1.46. The Morgan fingerprint density at radius 3 is 2.60 bits per heavy atom. The van der Waals surface area contributed by atoms with Crippen molar-refractivity contribution in [2.45, 2.75) is 25.3 Å². The van der Waals surface area contributed by atoms with E-state index in [0.29, 0.717) is 0 Å². The Balaban J connectivity index is 2.42. The van der Waals surface area contributed by atoms with Gasteiger partial charge in [0, 0.05) is 24.0 Å². The van der Waals surface area contributed by atoms with Crippen LogP contribution in [0.4, 0.5) is 4.79 Å². The van der Waals surface area contributed by atoms with Gasteiger partial charge in [-0.15, -0.1) is 11.3 Å². The molecule has 110 valence electrons. The van der Waals surface area contributed by atoms with E-state index in [1.807, 2.05) is 12.3 Å². The zero-order valence-corrected chi connectivity index (χ0v) is 11.5. The van der Waals surface area contributed by atoms with Gasteiger partial charge in [-0.3, -0.25) is 4.79 Å². The lowest BCUT2D eigenvalue weighted by atomic mass is 10.2. The summed E-state index contributed by atoms with van der Waals surface area (Å²) in [5.41, 5.74) is 0. The van der Waals surface area contributed by atoms with Gasteiger partial charge in [-0.2, -0.15) is 0 Å². The van der Waals surface area contributed by atoms with Crippen LogP contribution in [0.25, 0.3) is 0 Å². The Kier molecular flexibility index (Phi) is 5.91. The minimum absolute atomic E-state index is 0.0106. The number of hydrogen-bond acceptors (Lipinski definition) is 5. The molecule has 1 rings (SSSR count). The van der Waals surface area contributed by atoms with E-state index in [9.17, 15) is 14.4 Å². The molecule has 2 amide bonds. The zero-order valence-electron chi connectivity index (χ0n) is 10.7. The molecule has 0 aliphatic heterocycles. The molecule has 0 saturated carbocycles. The Morgan fingerprint density at radius 2 is 2.10 bits per heavy atom. The second-order valence-electron chi connectivity index (χ2n) is 4.11. The fraction of sp³-hybridized carbons (Fsp3) is 0.455. The molecule has 0 bridgehead atoms. The largest absolute Gasteiger partial charge is 0.481 e. The summed E-state index contributed by atoms with van der Waals surface area (Å²) in [5, 5.41) is 24.6. The van der Waals surface area contributed by atoms with Crippen molar-refractivity contribution in [2.75, 3.05) is 6.54 Å². The molecule has 2 unspecified atom stereocenters. The molecule has 0 fully saturated rings. The topological polar surface area (TPSA) is 129 Å². The minimum Gasteiger partial charge on any atom is -0.481 e. The van der Waals surface area contributed by atoms with Crippen molar-refractivity contribution in [3.63, 3.8) is 0 Å². The molecule has 2 atom stereocenters. The lowest BCUT2D eigenvalue weighted by Crippen LogP contribution is -2.47. The van der Waals surface area contributed by atoms with Gasteiger partial charge < -0.3 is 20.8 Å². The summed E-state index contributed by atoms with van der Waals surface area (Å²) in [6.45, 7) is 2.14. The summed E-state index contributed by atoms with van der Waals surface area (Å²) in [7, 11) is 0. The Labute approximate surface area is 118 Å². The molecule has 8 nitrogen and oxygen atoms in total. The highest BCUT2D eigenvalue weighted by atomic mass is 32.1. The molecule has 9 heteroatoms. The second kappa shape index (κ2) is 7.43. The molecule has 0 aromatic carbocycles. The maximum Gasteiger partial charge on any atom is 0.326 e. The third-order valence-corrected chi connectivity index (χ3v) is 3.43. The summed E-state index contributed by atoms with van der Waals surface area (Å²) in [4.78, 5) is 36.9. The number of nitrogens with one attached hydrogen (secondary N) is 2. The van der Waals surface area contributed by atoms with E-state index in [2.05, 4.69) is 15.6 Å². The van der Waals surface area contributed by atoms with Crippen LogP contribution in [0, 0.1) is 0 Å². The van der Waals surface area contributed by atoms with Crippen molar-refractivity contribution in [1.29, 1.82) is 0 Å². The van der Waals surface area contributed by atoms with E-state index in [0.717, 1.165) is 5.01 Å². The Morgan fingerprint density at radius 1 is 1.40 bits per heavy atom. The maximum absolute atomic E-state index is 11.5. The lowest BCUT2D eigenvalue weighted by Gasteiger charge is -2.15. The number of thiazole rings is 1. The first-order valence-corrected chi connectivity index (χ1v) is 6.66. The van der Waals surface area contributed by atoms with Crippen LogP contribution in [0.2, 0.25) is 0 Å². The van der Waals surface area contributed by atoms with Gasteiger partial charge in [-0.25, -0.2) is 14.6 Å². The predicted octanol–water partition coefficient (Wildman–Crippen LogP) is 0.474. The predicted molar refractivity (Wildman–Crippen MR) is 70.7 cm³/mol. The molecule has 20 heavy (non-hydrogen) atoms. The smallest absolute Gasteiger partial charge is 0.326 e. The summed E-state index contributed by atoms with van der Waals surface area (Å²) in [6, 6.07) is -2.18. The van der Waals surface area contributed by atoms with E-state index in [1.165, 1.54) is 11.3 Å². The number of urea groups is 1. The molecular weight excluding hydrogens is 286 g/mol. The van der Waals surface area contributed by atoms with E-state index in [4.69, 9.17) is 10.2 Å². The first-order chi connectivity index (χ1) is 9.40. The fourth-order valence-corrected chi connectivity index (χ4v) is 2.09. The average Bonchev–Trinajstić information content (AvgIpc) is 2.88. The molecule has 1 aromatic heterocycles. The van der Waals surface area contributed by atoms with Crippen LogP contribution >= 0.6 is 11.3 Å². The number of nitrogens with zero attached hydrogens (tertiary/aromatic N) is 1. The summed E-state index contributed by atoms with van der Waals surface area (Å²) in [5.74, 6) is -2.70. The molecule has 0 saturated heterocycles. The second-order valence-corrected chi connectivity index (χ2v) is 5.04. The number of aliphatic carboxylic acids is 2. The van der Waals surface area contributed by atoms with Gasteiger partial charge in [0.25, 0.3) is 0 Å². The van der Waals surface area contributed by atoms with Crippen molar-refractivity contribution in [3.8, 4) is 0 Å². The van der Waals surface area contributed by atoms with Crippen molar-refractivity contribution in [3.05, 3.63) is 16.6 Å². The van der Waals surface area contributed by atoms with Gasteiger partial charge in [0.1, 0.15) is 6.04 Å². The zero-order chi connectivity index (χ0) is 15.1. The van der Waals surface area contributed by atoms with Gasteiger partial charge in [0.05, 0.1) is 11.4 Å². The lowest BCUT2D eigenvalue weighted by molar-refractivity contribution is -0.145. The Bertz CT molecular complexity index is 476. The van der Waals surface area contributed by atoms with Crippen LogP contribution in [0.3, 0.4) is 0 Å². The van der Waals surface area contributed by atoms with Crippen LogP contribution < -0.4 is 10.6 Å². The molecule has 0 spiro atoms. The number of rotatable bonds is 7. The van der Waals surface area contributed by atoms with Crippen molar-refractivity contribution < 1.29 is 24.6 Å². The molecule has 0 aliphatic carbocycles. The van der Waals surface area contributed by atoms with Crippen LogP contribution in [-0.4, -0.2) is 45.8 Å². The monoisotopic (exact) mass is 301 g/mol. The fourth-order valence-electron chi connectivity index (χ4n) is 1.39. The number of carboxylic acid groups (broad SMARTS) is 2. The number of carboxylic acids is 2. The molecule has 4 N–H and O–H groups in total. The van der Waals surface area contributed by atoms with Crippen LogP contribution in [0.1, 0.15) is 24.3 Å². The first-order valence-electron chi connectivity index (χ1n) is 5.78. The van der Waals surface area contributed by atoms with Crippen LogP contribution in [0.5, 0.6) is 0 Å². The molecular formula is C11H15N3O5S. The Hall–Kier alpha value is -2.16. The molecule has 1 aromatic rings. The summed E-state index contributed by atoms with van der Waals surface area (Å²) >= 11 is 1.46. The highest BCUT2D eigenvalue weighted by molar-refractivity contribution is 7.09. The van der Waals surface area contributed by atoms with E-state index in [1.54, 1.807) is 6.20 Å². The number of carbonyl (C=O) groups excluding carboxylic acids is 1. The highest BCUT2D eigenvalue weighted by Crippen LogP contribution is 2.16. The van der Waals surface area contributed by atoms with E-state index in [-0.39, 0.29) is 12.5 Å². The maximum atomic E-state index is 11.5. The van der Waals surface area contributed by atoms with E-state index >= 15 is 0 Å². The number of hydrogen-bond donors (Lipinski definition) is 4. The highest BCUT2D eigenvalue weighted by Gasteiger charge is 2.23. The summed E-state index contributed by atoms with van der Waals surface area (Å²) in [6.07, 6.45) is 0.981. The van der Waals surface area contributed by atoms with Crippen molar-refractivity contribution >= 4 is 29.3 Å². The third kappa shape index (κ3) is 5.22. The molecule has 0 aliphatic rings. The number of aromatic nitrogens is 1. The van der Waals surface area contributed by atoms with Gasteiger partial charge in [-0.05, 0) is 0 Å². The van der Waals surface area contributed by atoms with Gasteiger partial charge in [-0.1, -0.05) is 6.92 Å². The van der Waals surface area contributed by atoms with Gasteiger partial charge >= 0.3 is 18.0 Å². The normalized spacial score (nSPS) is 13.2. The summed E-state index contributed by atoms with van der Waals surface area (Å²) < 4.78 is 0. The van der Waals surface area contributed by atoms with Gasteiger partial charge in [0.2, 0.25) is 0 Å². The average molecular weight is 301 g/mol.